The maximum atomic E-state index is 12.4. The van der Waals surface area contributed by atoms with Crippen LogP contribution < -0.4 is 4.90 Å². The number of amides is 3. The first-order chi connectivity index (χ1) is 13.1. The SMILES string of the molecule is Cc1ccc(N2C(=O)CN=C2SCCN2C(=O)c3ccccc3C2=O)cc1. The number of aryl methyl sites for hydroxylation is 1. The van der Waals surface area contributed by atoms with Gasteiger partial charge < -0.3 is 0 Å². The molecule has 136 valence electrons. The van der Waals surface area contributed by atoms with E-state index in [0.717, 1.165) is 11.3 Å². The molecule has 0 atom stereocenters. The summed E-state index contributed by atoms with van der Waals surface area (Å²) >= 11 is 1.37. The van der Waals surface area contributed by atoms with Crippen molar-refractivity contribution in [3.05, 3.63) is 65.2 Å². The number of anilines is 1. The second-order valence-corrected chi connectivity index (χ2v) is 7.38. The number of fused-ring (bicyclic) bond motifs is 1. The number of amidine groups is 1. The predicted molar refractivity (Wildman–Crippen MR) is 105 cm³/mol. The van der Waals surface area contributed by atoms with Crippen molar-refractivity contribution in [2.45, 2.75) is 6.92 Å². The zero-order valence-electron chi connectivity index (χ0n) is 14.7. The molecule has 0 spiro atoms. The van der Waals surface area contributed by atoms with Crippen LogP contribution in [0.3, 0.4) is 0 Å². The molecule has 0 fully saturated rings. The largest absolute Gasteiger partial charge is 0.273 e. The molecule has 4 rings (SSSR count). The number of hydrogen-bond acceptors (Lipinski definition) is 5. The molecule has 7 heteroatoms. The molecule has 0 aliphatic carbocycles. The average Bonchev–Trinajstić information content (AvgIpc) is 3.16. The van der Waals surface area contributed by atoms with Crippen LogP contribution in [0.25, 0.3) is 0 Å². The molecule has 2 aliphatic rings. The minimum Gasteiger partial charge on any atom is -0.273 e. The number of hydrogen-bond donors (Lipinski definition) is 0. The van der Waals surface area contributed by atoms with Crippen LogP contribution in [0.5, 0.6) is 0 Å². The van der Waals surface area contributed by atoms with Crippen LogP contribution in [0.15, 0.2) is 53.5 Å². The summed E-state index contributed by atoms with van der Waals surface area (Å²) in [7, 11) is 0. The van der Waals surface area contributed by atoms with E-state index in [1.807, 2.05) is 31.2 Å². The summed E-state index contributed by atoms with van der Waals surface area (Å²) in [4.78, 5) is 44.2. The Kier molecular flexibility index (Phi) is 4.53. The molecule has 2 aromatic carbocycles. The highest BCUT2D eigenvalue weighted by molar-refractivity contribution is 8.14. The summed E-state index contributed by atoms with van der Waals surface area (Å²) < 4.78 is 0. The van der Waals surface area contributed by atoms with Gasteiger partial charge in [0.05, 0.1) is 16.8 Å². The van der Waals surface area contributed by atoms with Crippen molar-refractivity contribution in [2.75, 3.05) is 23.7 Å². The predicted octanol–water partition coefficient (Wildman–Crippen LogP) is 2.73. The van der Waals surface area contributed by atoms with Crippen LogP contribution in [0, 0.1) is 6.92 Å². The highest BCUT2D eigenvalue weighted by atomic mass is 32.2. The summed E-state index contributed by atoms with van der Waals surface area (Å²) in [6.07, 6.45) is 0. The molecule has 3 amide bonds. The Balaban J connectivity index is 1.42. The molecule has 0 saturated carbocycles. The number of imide groups is 1. The molecule has 27 heavy (non-hydrogen) atoms. The molecule has 0 bridgehead atoms. The van der Waals surface area contributed by atoms with Crippen molar-refractivity contribution >= 4 is 40.3 Å². The molecule has 2 aliphatic heterocycles. The Morgan fingerprint density at radius 1 is 0.963 bits per heavy atom. The minimum atomic E-state index is -0.268. The third-order valence-electron chi connectivity index (χ3n) is 4.51. The van der Waals surface area contributed by atoms with Crippen LogP contribution in [0.4, 0.5) is 5.69 Å². The van der Waals surface area contributed by atoms with Crippen LogP contribution in [0.1, 0.15) is 26.3 Å². The van der Waals surface area contributed by atoms with E-state index in [2.05, 4.69) is 4.99 Å². The Labute approximate surface area is 160 Å². The highest BCUT2D eigenvalue weighted by Gasteiger charge is 2.35. The van der Waals surface area contributed by atoms with Crippen LogP contribution in [-0.2, 0) is 4.79 Å². The molecular weight excluding hydrogens is 362 g/mol. The maximum Gasteiger partial charge on any atom is 0.261 e. The summed E-state index contributed by atoms with van der Waals surface area (Å²) in [5, 5.41) is 0.598. The molecular formula is C20H17N3O3S. The number of rotatable bonds is 4. The molecule has 0 saturated heterocycles. The fourth-order valence-electron chi connectivity index (χ4n) is 3.11. The molecule has 0 unspecified atom stereocenters. The van der Waals surface area contributed by atoms with E-state index >= 15 is 0 Å². The lowest BCUT2D eigenvalue weighted by Crippen LogP contribution is -2.34. The van der Waals surface area contributed by atoms with E-state index in [1.165, 1.54) is 16.7 Å². The lowest BCUT2D eigenvalue weighted by atomic mass is 10.1. The highest BCUT2D eigenvalue weighted by Crippen LogP contribution is 2.26. The topological polar surface area (TPSA) is 70.1 Å². The number of carbonyl (C=O) groups excluding carboxylic acids is 3. The first-order valence-corrected chi connectivity index (χ1v) is 9.57. The molecule has 2 heterocycles. The van der Waals surface area contributed by atoms with E-state index in [4.69, 9.17) is 0 Å². The van der Waals surface area contributed by atoms with Gasteiger partial charge in [0.25, 0.3) is 17.7 Å². The fraction of sp³-hybridized carbons (Fsp3) is 0.200. The first-order valence-electron chi connectivity index (χ1n) is 8.58. The van der Waals surface area contributed by atoms with Gasteiger partial charge in [-0.1, -0.05) is 41.6 Å². The van der Waals surface area contributed by atoms with E-state index in [-0.39, 0.29) is 30.8 Å². The summed E-state index contributed by atoms with van der Waals surface area (Å²) in [5.41, 5.74) is 2.78. The Hall–Kier alpha value is -2.93. The van der Waals surface area contributed by atoms with Gasteiger partial charge in [-0.3, -0.25) is 29.2 Å². The number of aliphatic imine (C=N–C) groups is 1. The van der Waals surface area contributed by atoms with Gasteiger partial charge in [0, 0.05) is 12.3 Å². The van der Waals surface area contributed by atoms with Gasteiger partial charge in [0.2, 0.25) is 0 Å². The van der Waals surface area contributed by atoms with Crippen molar-refractivity contribution in [3.63, 3.8) is 0 Å². The molecule has 0 N–H and O–H groups in total. The van der Waals surface area contributed by atoms with E-state index in [9.17, 15) is 14.4 Å². The second kappa shape index (κ2) is 7.00. The monoisotopic (exact) mass is 379 g/mol. The number of benzene rings is 2. The lowest BCUT2D eigenvalue weighted by molar-refractivity contribution is -0.115. The van der Waals surface area contributed by atoms with Crippen molar-refractivity contribution in [1.82, 2.24) is 4.90 Å². The smallest absolute Gasteiger partial charge is 0.261 e. The third kappa shape index (κ3) is 3.14. The van der Waals surface area contributed by atoms with Gasteiger partial charge in [-0.25, -0.2) is 0 Å². The van der Waals surface area contributed by atoms with Crippen molar-refractivity contribution in [2.24, 2.45) is 4.99 Å². The quantitative estimate of drug-likeness (QED) is 0.766. The van der Waals surface area contributed by atoms with Crippen LogP contribution in [-0.4, -0.2) is 46.6 Å². The minimum absolute atomic E-state index is 0.0814. The molecule has 6 nitrogen and oxygen atoms in total. The number of nitrogens with zero attached hydrogens (tertiary/aromatic N) is 3. The zero-order valence-corrected chi connectivity index (χ0v) is 15.5. The van der Waals surface area contributed by atoms with Gasteiger partial charge in [-0.15, -0.1) is 0 Å². The van der Waals surface area contributed by atoms with Crippen molar-refractivity contribution < 1.29 is 14.4 Å². The van der Waals surface area contributed by atoms with E-state index in [1.54, 1.807) is 29.2 Å². The van der Waals surface area contributed by atoms with Gasteiger partial charge in [0.15, 0.2) is 5.17 Å². The van der Waals surface area contributed by atoms with Gasteiger partial charge in [0.1, 0.15) is 6.54 Å². The molecule has 2 aromatic rings. The molecule has 0 aromatic heterocycles. The summed E-state index contributed by atoms with van der Waals surface area (Å²) in [6.45, 7) is 2.37. The average molecular weight is 379 g/mol. The van der Waals surface area contributed by atoms with Crippen molar-refractivity contribution in [1.29, 1.82) is 0 Å². The van der Waals surface area contributed by atoms with E-state index < -0.39 is 0 Å². The number of carbonyl (C=O) groups is 3. The third-order valence-corrected chi connectivity index (χ3v) is 5.46. The summed E-state index contributed by atoms with van der Waals surface area (Å²) in [5.74, 6) is -0.144. The second-order valence-electron chi connectivity index (χ2n) is 6.32. The fourth-order valence-corrected chi connectivity index (χ4v) is 4.06. The molecule has 0 radical (unpaired) electrons. The Bertz CT molecular complexity index is 934. The summed E-state index contributed by atoms with van der Waals surface area (Å²) in [6, 6.07) is 14.5. The standard InChI is InChI=1S/C20H17N3O3S/c1-13-6-8-14(9-7-13)23-17(24)12-21-20(23)27-11-10-22-18(25)15-4-2-3-5-16(15)19(22)26/h2-9H,10-12H2,1H3. The lowest BCUT2D eigenvalue weighted by Gasteiger charge is -2.19. The van der Waals surface area contributed by atoms with Gasteiger partial charge in [-0.05, 0) is 31.2 Å². The van der Waals surface area contributed by atoms with Crippen LogP contribution >= 0.6 is 11.8 Å². The van der Waals surface area contributed by atoms with Crippen molar-refractivity contribution in [3.8, 4) is 0 Å². The Morgan fingerprint density at radius 3 is 2.22 bits per heavy atom. The van der Waals surface area contributed by atoms with Crippen LogP contribution in [0.2, 0.25) is 0 Å². The normalized spacial score (nSPS) is 16.2. The van der Waals surface area contributed by atoms with E-state index in [0.29, 0.717) is 22.0 Å². The maximum absolute atomic E-state index is 12.4. The van der Waals surface area contributed by atoms with Gasteiger partial charge >= 0.3 is 0 Å². The first kappa shape index (κ1) is 17.5. The van der Waals surface area contributed by atoms with Gasteiger partial charge in [-0.2, -0.15) is 0 Å². The Morgan fingerprint density at radius 2 is 1.59 bits per heavy atom. The zero-order chi connectivity index (χ0) is 19.0. The number of thioether (sulfide) groups is 1.